The van der Waals surface area contributed by atoms with E-state index in [1.807, 2.05) is 0 Å². The molecule has 1 unspecified atom stereocenters. The molecule has 132 valence electrons. The van der Waals surface area contributed by atoms with E-state index in [0.717, 1.165) is 23.9 Å². The minimum absolute atomic E-state index is 0.0883. The molecule has 1 atom stereocenters. The second-order valence-corrected chi connectivity index (χ2v) is 6.71. The maximum absolute atomic E-state index is 14.0. The molecule has 0 fully saturated rings. The van der Waals surface area contributed by atoms with Crippen LogP contribution in [0.5, 0.6) is 0 Å². The van der Waals surface area contributed by atoms with E-state index >= 15 is 0 Å². The van der Waals surface area contributed by atoms with Gasteiger partial charge in [-0.2, -0.15) is 0 Å². The van der Waals surface area contributed by atoms with Gasteiger partial charge >= 0.3 is 0 Å². The van der Waals surface area contributed by atoms with E-state index in [1.165, 1.54) is 6.33 Å². The number of aromatic nitrogens is 2. The maximum atomic E-state index is 14.0. The van der Waals surface area contributed by atoms with Gasteiger partial charge in [0.15, 0.2) is 11.6 Å². The number of carbonyl (C=O) groups excluding carboxylic acids is 1. The molecule has 2 aromatic heterocycles. The molecule has 9 heteroatoms. The molecule has 0 spiro atoms. The molecular formula is C17H13ClFN5OS. The number of rotatable bonds is 5. The number of thiophene rings is 1. The van der Waals surface area contributed by atoms with Crippen molar-refractivity contribution in [2.75, 3.05) is 0 Å². The third-order valence-electron chi connectivity index (χ3n) is 3.53. The fraction of sp³-hybridized carbons (Fsp3) is 0.0588. The number of hydrogen-bond acceptors (Lipinski definition) is 6. The molecule has 0 aliphatic heterocycles. The summed E-state index contributed by atoms with van der Waals surface area (Å²) in [6.07, 6.45) is 2.50. The predicted molar refractivity (Wildman–Crippen MR) is 99.8 cm³/mol. The highest BCUT2D eigenvalue weighted by Crippen LogP contribution is 2.36. The van der Waals surface area contributed by atoms with E-state index in [-0.39, 0.29) is 11.5 Å². The quantitative estimate of drug-likeness (QED) is 0.396. The number of hydrogen-bond donors (Lipinski definition) is 2. The first-order valence-electron chi connectivity index (χ1n) is 7.40. The summed E-state index contributed by atoms with van der Waals surface area (Å²) >= 11 is 7.00. The highest BCUT2D eigenvalue weighted by molar-refractivity contribution is 7.16. The second kappa shape index (κ2) is 7.69. The molecular weight excluding hydrogens is 377 g/mol. The SMILES string of the molecule is NC=NC(N)c1sc(-c2ncncc2F)cc1C(=O)c1ccc(Cl)cc1. The van der Waals surface area contributed by atoms with Gasteiger partial charge in [0.2, 0.25) is 0 Å². The zero-order valence-electron chi connectivity index (χ0n) is 13.3. The number of aliphatic imine (C=N–C) groups is 1. The van der Waals surface area contributed by atoms with E-state index < -0.39 is 12.0 Å². The van der Waals surface area contributed by atoms with Crippen LogP contribution in [0.1, 0.15) is 27.0 Å². The smallest absolute Gasteiger partial charge is 0.194 e. The Morgan fingerprint density at radius 1 is 1.35 bits per heavy atom. The first kappa shape index (κ1) is 18.1. The average Bonchev–Trinajstić information content (AvgIpc) is 3.07. The number of carbonyl (C=O) groups is 1. The summed E-state index contributed by atoms with van der Waals surface area (Å²) in [5.41, 5.74) is 12.1. The van der Waals surface area contributed by atoms with Gasteiger partial charge in [0.1, 0.15) is 18.2 Å². The van der Waals surface area contributed by atoms with E-state index in [4.69, 9.17) is 23.1 Å². The van der Waals surface area contributed by atoms with Crippen molar-refractivity contribution >= 4 is 35.1 Å². The largest absolute Gasteiger partial charge is 0.390 e. The highest BCUT2D eigenvalue weighted by Gasteiger charge is 2.23. The predicted octanol–water partition coefficient (Wildman–Crippen LogP) is 3.17. The van der Waals surface area contributed by atoms with Gasteiger partial charge in [-0.05, 0) is 30.3 Å². The van der Waals surface area contributed by atoms with Gasteiger partial charge in [0.05, 0.1) is 22.3 Å². The molecule has 0 bridgehead atoms. The Morgan fingerprint density at radius 3 is 2.73 bits per heavy atom. The van der Waals surface area contributed by atoms with Crippen LogP contribution in [0.15, 0.2) is 47.8 Å². The van der Waals surface area contributed by atoms with E-state index in [9.17, 15) is 9.18 Å². The molecule has 0 amide bonds. The molecule has 3 rings (SSSR count). The van der Waals surface area contributed by atoms with Crippen LogP contribution in [0.4, 0.5) is 4.39 Å². The molecule has 0 radical (unpaired) electrons. The zero-order valence-corrected chi connectivity index (χ0v) is 14.8. The van der Waals surface area contributed by atoms with Gasteiger partial charge in [-0.3, -0.25) is 9.79 Å². The summed E-state index contributed by atoms with van der Waals surface area (Å²) in [4.78, 5) is 25.3. The fourth-order valence-electron chi connectivity index (χ4n) is 2.33. The molecule has 0 aliphatic rings. The maximum Gasteiger partial charge on any atom is 0.194 e. The van der Waals surface area contributed by atoms with Gasteiger partial charge in [0, 0.05) is 16.1 Å². The summed E-state index contributed by atoms with van der Waals surface area (Å²) in [5, 5.41) is 0.514. The van der Waals surface area contributed by atoms with Crippen molar-refractivity contribution in [3.8, 4) is 10.6 Å². The number of halogens is 2. The van der Waals surface area contributed by atoms with Crippen molar-refractivity contribution in [2.45, 2.75) is 6.17 Å². The first-order chi connectivity index (χ1) is 12.5. The van der Waals surface area contributed by atoms with Crippen LogP contribution in [0.25, 0.3) is 10.6 Å². The molecule has 6 nitrogen and oxygen atoms in total. The van der Waals surface area contributed by atoms with Crippen molar-refractivity contribution in [1.29, 1.82) is 0 Å². The second-order valence-electron chi connectivity index (χ2n) is 5.19. The Hall–Kier alpha value is -2.68. The Bertz CT molecular complexity index is 974. The summed E-state index contributed by atoms with van der Waals surface area (Å²) in [7, 11) is 0. The summed E-state index contributed by atoms with van der Waals surface area (Å²) in [5.74, 6) is -0.877. The molecule has 0 saturated carbocycles. The number of benzene rings is 1. The van der Waals surface area contributed by atoms with Crippen LogP contribution in [-0.2, 0) is 0 Å². The lowest BCUT2D eigenvalue weighted by Gasteiger charge is -2.07. The van der Waals surface area contributed by atoms with Crippen molar-refractivity contribution in [3.05, 3.63) is 69.7 Å². The third-order valence-corrected chi connectivity index (χ3v) is 4.99. The Labute approximate surface area is 157 Å². The minimum atomic E-state index is -0.852. The molecule has 26 heavy (non-hydrogen) atoms. The highest BCUT2D eigenvalue weighted by atomic mass is 35.5. The normalized spacial score (nSPS) is 12.4. The van der Waals surface area contributed by atoms with E-state index in [0.29, 0.717) is 25.9 Å². The lowest BCUT2D eigenvalue weighted by atomic mass is 10.0. The molecule has 0 aliphatic carbocycles. The summed E-state index contributed by atoms with van der Waals surface area (Å²) in [6, 6.07) is 7.99. The van der Waals surface area contributed by atoms with Gasteiger partial charge < -0.3 is 11.5 Å². The molecule has 0 saturated heterocycles. The molecule has 4 N–H and O–H groups in total. The first-order valence-corrected chi connectivity index (χ1v) is 8.59. The lowest BCUT2D eigenvalue weighted by Crippen LogP contribution is -2.12. The summed E-state index contributed by atoms with van der Waals surface area (Å²) in [6.45, 7) is 0. The van der Waals surface area contributed by atoms with Crippen LogP contribution in [-0.4, -0.2) is 22.1 Å². The van der Waals surface area contributed by atoms with Crippen molar-refractivity contribution in [2.24, 2.45) is 16.5 Å². The third kappa shape index (κ3) is 3.62. The molecule has 1 aromatic carbocycles. The monoisotopic (exact) mass is 389 g/mol. The topological polar surface area (TPSA) is 107 Å². The van der Waals surface area contributed by atoms with E-state index in [1.54, 1.807) is 30.3 Å². The van der Waals surface area contributed by atoms with Crippen molar-refractivity contribution < 1.29 is 9.18 Å². The fourth-order valence-corrected chi connectivity index (χ4v) is 3.56. The summed E-state index contributed by atoms with van der Waals surface area (Å²) < 4.78 is 14.0. The van der Waals surface area contributed by atoms with Crippen LogP contribution in [0.2, 0.25) is 5.02 Å². The Balaban J connectivity index is 2.12. The lowest BCUT2D eigenvalue weighted by molar-refractivity contribution is 0.103. The van der Waals surface area contributed by atoms with Crippen LogP contribution in [0.3, 0.4) is 0 Å². The Kier molecular flexibility index (Phi) is 5.36. The van der Waals surface area contributed by atoms with Gasteiger partial charge in [-0.15, -0.1) is 11.3 Å². The molecule has 3 aromatic rings. The van der Waals surface area contributed by atoms with Gasteiger partial charge in [-0.1, -0.05) is 11.6 Å². The van der Waals surface area contributed by atoms with Crippen LogP contribution >= 0.6 is 22.9 Å². The van der Waals surface area contributed by atoms with Crippen molar-refractivity contribution in [3.63, 3.8) is 0 Å². The number of nitrogens with zero attached hydrogens (tertiary/aromatic N) is 3. The number of nitrogens with two attached hydrogens (primary N) is 2. The molecule has 2 heterocycles. The van der Waals surface area contributed by atoms with Crippen molar-refractivity contribution in [1.82, 2.24) is 9.97 Å². The standard InChI is InChI=1S/C17H13ClFN5OS/c18-10-3-1-9(2-4-10)15(25)11-5-13(14-12(19)6-22-8-24-14)26-16(11)17(21)23-7-20/h1-8,17H,21H2,(H2,20,23). The minimum Gasteiger partial charge on any atom is -0.390 e. The number of ketones is 1. The van der Waals surface area contributed by atoms with Crippen LogP contribution in [0, 0.1) is 5.82 Å². The van der Waals surface area contributed by atoms with Gasteiger partial charge in [-0.25, -0.2) is 14.4 Å². The average molecular weight is 390 g/mol. The Morgan fingerprint density at radius 2 is 2.08 bits per heavy atom. The van der Waals surface area contributed by atoms with Gasteiger partial charge in [0.25, 0.3) is 0 Å². The van der Waals surface area contributed by atoms with E-state index in [2.05, 4.69) is 15.0 Å². The van der Waals surface area contributed by atoms with Crippen LogP contribution < -0.4 is 11.5 Å². The zero-order chi connectivity index (χ0) is 18.7.